The lowest BCUT2D eigenvalue weighted by molar-refractivity contribution is -0.114. The van der Waals surface area contributed by atoms with Gasteiger partial charge in [0, 0.05) is 11.3 Å². The Kier molecular flexibility index (Phi) is 6.61. The number of carbonyl (C=O) groups excluding carboxylic acids is 1. The van der Waals surface area contributed by atoms with Crippen LogP contribution in [-0.2, 0) is 4.79 Å². The summed E-state index contributed by atoms with van der Waals surface area (Å²) in [4.78, 5) is 15.5. The maximum Gasteiger partial charge on any atom is 0.259 e. The minimum Gasteiger partial charge on any atom is -0.277 e. The number of allylic oxidation sites excluding steroid dienone is 1. The van der Waals surface area contributed by atoms with Gasteiger partial charge in [0.2, 0.25) is 0 Å². The van der Waals surface area contributed by atoms with Crippen molar-refractivity contribution in [2.75, 3.05) is 4.90 Å². The Morgan fingerprint density at radius 1 is 0.621 bits per heavy atom. The summed E-state index contributed by atoms with van der Waals surface area (Å²) >= 11 is 0. The van der Waals surface area contributed by atoms with E-state index in [1.807, 2.05) is 41.3 Å². The van der Waals surface area contributed by atoms with Crippen LogP contribution in [0.2, 0.25) is 0 Å². The van der Waals surface area contributed by atoms with Gasteiger partial charge < -0.3 is 0 Å². The van der Waals surface area contributed by atoms with E-state index in [-0.39, 0.29) is 5.91 Å². The lowest BCUT2D eigenvalue weighted by atomic mass is 9.95. The van der Waals surface area contributed by atoms with Gasteiger partial charge >= 0.3 is 0 Å². The van der Waals surface area contributed by atoms with Crippen LogP contribution in [0.4, 0.5) is 5.69 Å². The van der Waals surface area contributed by atoms with E-state index in [4.69, 9.17) is 0 Å². The van der Waals surface area contributed by atoms with Crippen LogP contribution in [0.25, 0.3) is 6.08 Å². The van der Waals surface area contributed by atoms with Crippen molar-refractivity contribution >= 4 is 17.7 Å². The van der Waals surface area contributed by atoms with Gasteiger partial charge in [-0.15, -0.1) is 0 Å². The van der Waals surface area contributed by atoms with Gasteiger partial charge in [-0.2, -0.15) is 0 Å². The summed E-state index contributed by atoms with van der Waals surface area (Å²) in [5.41, 5.74) is 5.53. The fourth-order valence-corrected chi connectivity index (χ4v) is 4.56. The number of rotatable bonds is 2. The minimum atomic E-state index is 0.186. The zero-order chi connectivity index (χ0) is 19.9. The van der Waals surface area contributed by atoms with Crippen LogP contribution in [0.15, 0.2) is 77.5 Å². The third kappa shape index (κ3) is 4.70. The molecule has 2 aromatic carbocycles. The monoisotopic (exact) mass is 385 g/mol. The average molecular weight is 386 g/mol. The molecule has 1 aliphatic heterocycles. The molecule has 0 bridgehead atoms. The van der Waals surface area contributed by atoms with Crippen LogP contribution in [0.3, 0.4) is 0 Å². The van der Waals surface area contributed by atoms with Crippen LogP contribution < -0.4 is 4.90 Å². The number of para-hydroxylation sites is 1. The molecular weight excluding hydrogens is 354 g/mol. The van der Waals surface area contributed by atoms with Gasteiger partial charge in [0.05, 0.1) is 5.70 Å². The molecule has 29 heavy (non-hydrogen) atoms. The van der Waals surface area contributed by atoms with Crippen molar-refractivity contribution < 1.29 is 4.79 Å². The molecule has 2 nitrogen and oxygen atoms in total. The highest BCUT2D eigenvalue weighted by molar-refractivity contribution is 6.14. The molecule has 1 amide bonds. The summed E-state index contributed by atoms with van der Waals surface area (Å²) < 4.78 is 0. The first-order chi connectivity index (χ1) is 14.3. The van der Waals surface area contributed by atoms with E-state index in [2.05, 4.69) is 30.3 Å². The first-order valence-electron chi connectivity index (χ1n) is 11.2. The van der Waals surface area contributed by atoms with Gasteiger partial charge in [-0.1, -0.05) is 87.1 Å². The lowest BCUT2D eigenvalue weighted by Crippen LogP contribution is -2.25. The molecule has 150 valence electrons. The fourth-order valence-electron chi connectivity index (χ4n) is 4.56. The molecule has 0 fully saturated rings. The molecular formula is C27H31NO. The topological polar surface area (TPSA) is 20.3 Å². The molecule has 1 heterocycles. The molecule has 4 rings (SSSR count). The first-order valence-corrected chi connectivity index (χ1v) is 11.2. The fraction of sp³-hybridized carbons (Fsp3) is 0.370. The number of amides is 1. The Morgan fingerprint density at radius 3 is 1.76 bits per heavy atom. The van der Waals surface area contributed by atoms with E-state index < -0.39 is 0 Å². The molecule has 0 atom stereocenters. The largest absolute Gasteiger partial charge is 0.277 e. The maximum atomic E-state index is 13.6. The maximum absolute atomic E-state index is 13.6. The van der Waals surface area contributed by atoms with Crippen LogP contribution in [0.1, 0.15) is 69.8 Å². The average Bonchev–Trinajstić information content (AvgIpc) is 3.00. The van der Waals surface area contributed by atoms with Gasteiger partial charge in [0.25, 0.3) is 5.91 Å². The van der Waals surface area contributed by atoms with E-state index in [1.165, 1.54) is 50.5 Å². The molecule has 0 unspecified atom stereocenters. The zero-order valence-electron chi connectivity index (χ0n) is 17.3. The number of nitrogens with zero attached hydrogens (tertiary/aromatic N) is 1. The van der Waals surface area contributed by atoms with Crippen molar-refractivity contribution in [1.82, 2.24) is 0 Å². The van der Waals surface area contributed by atoms with Crippen molar-refractivity contribution in [2.24, 2.45) is 0 Å². The van der Waals surface area contributed by atoms with Gasteiger partial charge in [0.1, 0.15) is 0 Å². The summed E-state index contributed by atoms with van der Waals surface area (Å²) in [6.07, 6.45) is 14.2. The Balaban J connectivity index is 1.76. The third-order valence-corrected chi connectivity index (χ3v) is 6.10. The molecule has 0 saturated heterocycles. The highest BCUT2D eigenvalue weighted by Crippen LogP contribution is 2.40. The molecule has 0 radical (unpaired) electrons. The normalized spacial score (nSPS) is 20.3. The van der Waals surface area contributed by atoms with Crippen molar-refractivity contribution in [3.8, 4) is 0 Å². The Morgan fingerprint density at radius 2 is 1.14 bits per heavy atom. The molecule has 0 saturated carbocycles. The Labute approximate surface area is 174 Å². The second kappa shape index (κ2) is 9.73. The van der Waals surface area contributed by atoms with E-state index in [0.717, 1.165) is 41.8 Å². The summed E-state index contributed by atoms with van der Waals surface area (Å²) in [6, 6.07) is 20.5. The summed E-state index contributed by atoms with van der Waals surface area (Å²) in [5, 5.41) is 0. The molecule has 2 aromatic rings. The highest BCUT2D eigenvalue weighted by Gasteiger charge is 2.35. The molecule has 0 aromatic heterocycles. The van der Waals surface area contributed by atoms with Crippen LogP contribution in [-0.4, -0.2) is 5.91 Å². The number of carbonyl (C=O) groups is 1. The second-order valence-electron chi connectivity index (χ2n) is 8.20. The minimum absolute atomic E-state index is 0.186. The van der Waals surface area contributed by atoms with E-state index in [9.17, 15) is 4.79 Å². The van der Waals surface area contributed by atoms with E-state index >= 15 is 0 Å². The quantitative estimate of drug-likeness (QED) is 0.531. The van der Waals surface area contributed by atoms with Crippen LogP contribution in [0.5, 0.6) is 0 Å². The SMILES string of the molecule is O=C1C2=C(CCCCCCCCCC2)/C(=C\c2ccccc2)N1c1ccccc1. The van der Waals surface area contributed by atoms with Crippen molar-refractivity contribution in [2.45, 2.75) is 64.2 Å². The van der Waals surface area contributed by atoms with Crippen LogP contribution in [0, 0.1) is 0 Å². The third-order valence-electron chi connectivity index (χ3n) is 6.10. The van der Waals surface area contributed by atoms with Crippen molar-refractivity contribution in [1.29, 1.82) is 0 Å². The molecule has 1 aliphatic carbocycles. The van der Waals surface area contributed by atoms with E-state index in [1.54, 1.807) is 0 Å². The lowest BCUT2D eigenvalue weighted by Gasteiger charge is -2.20. The summed E-state index contributed by atoms with van der Waals surface area (Å²) in [5.74, 6) is 0.186. The molecule has 0 N–H and O–H groups in total. The van der Waals surface area contributed by atoms with Crippen molar-refractivity contribution in [3.05, 3.63) is 83.1 Å². The number of anilines is 1. The molecule has 2 heteroatoms. The Bertz CT molecular complexity index is 879. The van der Waals surface area contributed by atoms with E-state index in [0.29, 0.717) is 0 Å². The van der Waals surface area contributed by atoms with Gasteiger partial charge in [-0.3, -0.25) is 9.69 Å². The number of hydrogen-bond acceptors (Lipinski definition) is 1. The van der Waals surface area contributed by atoms with Gasteiger partial charge in [-0.05, 0) is 55.0 Å². The number of benzene rings is 2. The highest BCUT2D eigenvalue weighted by atomic mass is 16.2. The molecule has 0 spiro atoms. The summed E-state index contributed by atoms with van der Waals surface area (Å²) in [6.45, 7) is 0. The van der Waals surface area contributed by atoms with Gasteiger partial charge in [0.15, 0.2) is 0 Å². The van der Waals surface area contributed by atoms with Crippen molar-refractivity contribution in [3.63, 3.8) is 0 Å². The molecule has 2 aliphatic rings. The first kappa shape index (κ1) is 19.7. The predicted octanol–water partition coefficient (Wildman–Crippen LogP) is 7.29. The smallest absolute Gasteiger partial charge is 0.259 e. The van der Waals surface area contributed by atoms with Gasteiger partial charge in [-0.25, -0.2) is 0 Å². The number of hydrogen-bond donors (Lipinski definition) is 0. The van der Waals surface area contributed by atoms with Crippen LogP contribution >= 0.6 is 0 Å². The predicted molar refractivity (Wildman–Crippen MR) is 122 cm³/mol. The Hall–Kier alpha value is -2.61. The second-order valence-corrected chi connectivity index (χ2v) is 8.20. The summed E-state index contributed by atoms with van der Waals surface area (Å²) in [7, 11) is 0. The standard InChI is InChI=1S/C27H31NO/c29-27-25-20-14-6-4-2-1-3-5-13-19-24(25)26(21-22-15-9-7-10-16-22)28(27)23-17-11-8-12-18-23/h7-12,15-18,21H,1-6,13-14,19-20H2/b26-21+. The zero-order valence-corrected chi connectivity index (χ0v) is 17.3.